The summed E-state index contributed by atoms with van der Waals surface area (Å²) < 4.78 is 49.4. The van der Waals surface area contributed by atoms with Crippen molar-refractivity contribution in [3.63, 3.8) is 0 Å². The number of aryl methyl sites for hydroxylation is 12. The van der Waals surface area contributed by atoms with Crippen molar-refractivity contribution in [2.24, 2.45) is 0 Å². The summed E-state index contributed by atoms with van der Waals surface area (Å²) in [5, 5.41) is 7.64. The van der Waals surface area contributed by atoms with Crippen molar-refractivity contribution in [2.45, 2.75) is 160 Å². The molecule has 0 atom stereocenters. The molecule has 2 aliphatic rings. The Labute approximate surface area is 574 Å². The Balaban J connectivity index is 1.14. The first-order chi connectivity index (χ1) is 47.2. The van der Waals surface area contributed by atoms with Crippen LogP contribution in [-0.4, -0.2) is 4.89 Å². The zero-order valence-electron chi connectivity index (χ0n) is 58.5. The maximum atomic E-state index is 18.3. The minimum Gasteiger partial charge on any atom is -0.401 e. The van der Waals surface area contributed by atoms with Gasteiger partial charge in [0.2, 0.25) is 11.5 Å². The van der Waals surface area contributed by atoms with E-state index in [1.165, 1.54) is 22.3 Å². The van der Waals surface area contributed by atoms with Crippen molar-refractivity contribution in [3.05, 3.63) is 237 Å². The molecule has 0 amide bonds. The fourth-order valence-electron chi connectivity index (χ4n) is 16.0. The van der Waals surface area contributed by atoms with Gasteiger partial charge in [-0.15, -0.1) is 0 Å². The van der Waals surface area contributed by atoms with E-state index in [-0.39, 0.29) is 0 Å². The molecule has 0 unspecified atom stereocenters. The molecule has 0 saturated heterocycles. The highest BCUT2D eigenvalue weighted by Crippen LogP contribution is 2.72. The lowest BCUT2D eigenvalue weighted by atomic mass is 9.82. The van der Waals surface area contributed by atoms with Crippen molar-refractivity contribution in [1.29, 1.82) is 0 Å². The first kappa shape index (κ1) is 65.7. The summed E-state index contributed by atoms with van der Waals surface area (Å²) in [7, 11) is -10.1. The van der Waals surface area contributed by atoms with Gasteiger partial charge in [-0.1, -0.05) is 229 Å². The lowest BCUT2D eigenvalue weighted by Gasteiger charge is -2.26. The molecule has 9 heteroatoms. The summed E-state index contributed by atoms with van der Waals surface area (Å²) >= 11 is 0. The molecule has 0 bridgehead atoms. The molecule has 7 nitrogen and oxygen atoms in total. The predicted octanol–water partition coefficient (Wildman–Crippen LogP) is 24.7. The van der Waals surface area contributed by atoms with Crippen LogP contribution in [-0.2, 0) is 81.6 Å². The van der Waals surface area contributed by atoms with E-state index in [0.717, 1.165) is 231 Å². The molecule has 0 saturated carbocycles. The summed E-state index contributed by atoms with van der Waals surface area (Å²) in [5.74, 6) is 1.59. The standard InChI is InChI=1S/C88H90NO6P2/c1-13-53-41-57(17-5)77(58(18-6)42-53)73-49-65-33-25-29-37-69(65)81-82-70-38-30-26-34-66(70)50-74(78-59(19-7)43-54(14-2)44-60(78)20-8)86(82)93-96(90,92-85(73)81)89-97(91)94-87-75(79-61(21-9)45-55(15-3)46-62(79)22-10)51-67-35-27-31-39-71(67)83(87)84-72-40-32-28-36-68(72)52-76(88(84)95-97)80-63(23-11)47-56(16-4)48-64(80)24-12/h25-52,90H,13-24H2,1-12H3,(H,89,91)/q+1. The molecule has 0 aliphatic carbocycles. The first-order valence-corrected chi connectivity index (χ1v) is 39.0. The van der Waals surface area contributed by atoms with Gasteiger partial charge in [0, 0.05) is 49.4 Å². The van der Waals surface area contributed by atoms with E-state index >= 15 is 4.57 Å². The number of benzene rings is 12. The van der Waals surface area contributed by atoms with Crippen LogP contribution in [0, 0.1) is 0 Å². The lowest BCUT2D eigenvalue weighted by molar-refractivity contribution is 0.330. The Bertz CT molecular complexity index is 4780. The first-order valence-electron chi connectivity index (χ1n) is 35.8. The Morgan fingerprint density at radius 1 is 0.299 bits per heavy atom. The van der Waals surface area contributed by atoms with Crippen molar-refractivity contribution in [1.82, 2.24) is 4.86 Å². The van der Waals surface area contributed by atoms with E-state index < -0.39 is 15.8 Å². The average Bonchev–Trinajstić information content (AvgIpc) is 1.67. The van der Waals surface area contributed by atoms with E-state index in [1.807, 2.05) is 0 Å². The summed E-state index contributed by atoms with van der Waals surface area (Å²) in [4.78, 5) is 18.4. The quantitative estimate of drug-likeness (QED) is 0.0828. The summed E-state index contributed by atoms with van der Waals surface area (Å²) in [6, 6.07) is 61.5. The maximum absolute atomic E-state index is 18.3. The van der Waals surface area contributed by atoms with E-state index in [9.17, 15) is 4.89 Å². The number of hydrogen-bond acceptors (Lipinski definition) is 6. The van der Waals surface area contributed by atoms with E-state index in [4.69, 9.17) is 18.1 Å². The van der Waals surface area contributed by atoms with Gasteiger partial charge in [-0.05, 0) is 233 Å². The van der Waals surface area contributed by atoms with Crippen molar-refractivity contribution in [2.75, 3.05) is 0 Å². The third kappa shape index (κ3) is 11.3. The van der Waals surface area contributed by atoms with Gasteiger partial charge in [0.1, 0.15) is 11.5 Å². The average molecular weight is 1320 g/mol. The Hall–Kier alpha value is -8.54. The van der Waals surface area contributed by atoms with Crippen LogP contribution in [0.3, 0.4) is 0 Å². The molecule has 97 heavy (non-hydrogen) atoms. The normalized spacial score (nSPS) is 13.7. The summed E-state index contributed by atoms with van der Waals surface area (Å²) in [5.41, 5.74) is 24.7. The van der Waals surface area contributed by atoms with E-state index in [1.54, 1.807) is 0 Å². The third-order valence-electron chi connectivity index (χ3n) is 20.8. The van der Waals surface area contributed by atoms with Gasteiger partial charge < -0.3 is 9.05 Å². The topological polar surface area (TPSA) is 86.3 Å². The fourth-order valence-corrected chi connectivity index (χ4v) is 19.7. The second kappa shape index (κ2) is 26.7. The van der Waals surface area contributed by atoms with Gasteiger partial charge in [-0.3, -0.25) is 9.05 Å². The van der Waals surface area contributed by atoms with Crippen LogP contribution in [0.15, 0.2) is 170 Å². The van der Waals surface area contributed by atoms with Crippen LogP contribution in [0.5, 0.6) is 23.0 Å². The molecule has 2 heterocycles. The molecule has 2 N–H and O–H groups in total. The zero-order chi connectivity index (χ0) is 67.6. The highest BCUT2D eigenvalue weighted by molar-refractivity contribution is 7.72. The molecule has 0 radical (unpaired) electrons. The van der Waals surface area contributed by atoms with E-state index in [0.29, 0.717) is 23.0 Å². The van der Waals surface area contributed by atoms with Gasteiger partial charge in [0.15, 0.2) is 0 Å². The summed E-state index contributed by atoms with van der Waals surface area (Å²) in [6.07, 6.45) is 9.42. The van der Waals surface area contributed by atoms with Crippen LogP contribution in [0.4, 0.5) is 0 Å². The van der Waals surface area contributed by atoms with E-state index in [2.05, 4.69) is 258 Å². The number of fused-ring (bicyclic) bond motifs is 14. The van der Waals surface area contributed by atoms with Gasteiger partial charge in [0.05, 0.1) is 0 Å². The second-order valence-electron chi connectivity index (χ2n) is 26.3. The molecule has 492 valence electrons. The monoisotopic (exact) mass is 1320 g/mol. The van der Waals surface area contributed by atoms with Crippen molar-refractivity contribution >= 4 is 58.9 Å². The SMILES string of the molecule is CCc1cc(CC)c(-c2cc3ccccc3c3c2OP(=O)(N[P+]2(O)Oc4c(-c5c(CC)cc(CC)cc5CC)cc5ccccc5c4-c4c(c(-c5c(CC)cc(CC)cc5CC)cc5ccccc45)O2)Oc2c(-c4c(CC)cc(CC)cc4CC)cc4ccccc4c2-3)c(CC)c1. The van der Waals surface area contributed by atoms with Crippen LogP contribution < -0.4 is 23.0 Å². The number of hydrogen-bond donors (Lipinski definition) is 2. The predicted molar refractivity (Wildman–Crippen MR) is 410 cm³/mol. The molecule has 12 aromatic rings. The molecule has 12 aromatic carbocycles. The fraction of sp³-hybridized carbons (Fsp3) is 0.273. The largest absolute Gasteiger partial charge is 0.602 e. The molecular formula is C88H90NO6P2+. The van der Waals surface area contributed by atoms with Gasteiger partial charge in [-0.2, -0.15) is 4.89 Å². The molecular weight excluding hydrogens is 1230 g/mol. The Morgan fingerprint density at radius 2 is 0.515 bits per heavy atom. The van der Waals surface area contributed by atoms with Crippen molar-refractivity contribution in [3.8, 4) is 89.8 Å². The number of rotatable bonds is 18. The molecule has 2 aliphatic heterocycles. The highest BCUT2D eigenvalue weighted by Gasteiger charge is 2.60. The molecule has 14 rings (SSSR count). The van der Waals surface area contributed by atoms with Crippen LogP contribution in [0.2, 0.25) is 0 Å². The molecule has 0 fully saturated rings. The smallest absolute Gasteiger partial charge is 0.401 e. The number of nitrogens with one attached hydrogen (secondary N) is 1. The minimum atomic E-state index is -5.13. The third-order valence-corrected chi connectivity index (χ3v) is 24.5. The molecule has 0 aromatic heterocycles. The molecule has 0 spiro atoms. The van der Waals surface area contributed by atoms with Crippen LogP contribution >= 0.6 is 15.8 Å². The minimum absolute atomic E-state index is 0.380. The van der Waals surface area contributed by atoms with Gasteiger partial charge in [-0.25, -0.2) is 4.57 Å². The van der Waals surface area contributed by atoms with Gasteiger partial charge in [0.25, 0.3) is 0 Å². The summed E-state index contributed by atoms with van der Waals surface area (Å²) in [6.45, 7) is 26.6. The van der Waals surface area contributed by atoms with Gasteiger partial charge >= 0.3 is 15.8 Å². The Kier molecular flexibility index (Phi) is 18.1. The lowest BCUT2D eigenvalue weighted by Crippen LogP contribution is -2.26. The maximum Gasteiger partial charge on any atom is 0.602 e. The van der Waals surface area contributed by atoms with Crippen LogP contribution in [0.25, 0.3) is 110 Å². The van der Waals surface area contributed by atoms with Crippen molar-refractivity contribution < 1.29 is 27.6 Å². The Morgan fingerprint density at radius 3 is 0.742 bits per heavy atom. The highest BCUT2D eigenvalue weighted by atomic mass is 31.3. The van der Waals surface area contributed by atoms with Crippen LogP contribution in [0.1, 0.15) is 150 Å². The zero-order valence-corrected chi connectivity index (χ0v) is 60.3. The second-order valence-corrected chi connectivity index (χ2v) is 29.8.